The van der Waals surface area contributed by atoms with Gasteiger partial charge in [-0.3, -0.25) is 4.98 Å². The lowest BCUT2D eigenvalue weighted by Gasteiger charge is -2.40. The van der Waals surface area contributed by atoms with Crippen molar-refractivity contribution in [3.63, 3.8) is 0 Å². The normalized spacial score (nSPS) is 18.5. The minimum atomic E-state index is -1.11. The Morgan fingerprint density at radius 2 is 2.00 bits per heavy atom. The minimum Gasteiger partial charge on any atom is -0.479 e. The van der Waals surface area contributed by atoms with Gasteiger partial charge in [-0.25, -0.2) is 4.79 Å². The van der Waals surface area contributed by atoms with Gasteiger partial charge in [-0.1, -0.05) is 20.4 Å². The quantitative estimate of drug-likeness (QED) is 0.715. The third-order valence-electron chi connectivity index (χ3n) is 4.66. The lowest BCUT2D eigenvalue weighted by Crippen LogP contribution is -2.39. The zero-order valence-corrected chi connectivity index (χ0v) is 17.9. The fourth-order valence-electron chi connectivity index (χ4n) is 3.17. The molecule has 0 spiro atoms. The van der Waals surface area contributed by atoms with Crippen molar-refractivity contribution in [3.8, 4) is 0 Å². The molecule has 1 unspecified atom stereocenters. The highest BCUT2D eigenvalue weighted by molar-refractivity contribution is 9.10. The molecule has 2 heterocycles. The van der Waals surface area contributed by atoms with Gasteiger partial charge in [0.1, 0.15) is 0 Å². The van der Waals surface area contributed by atoms with E-state index in [-0.39, 0.29) is 0 Å². The van der Waals surface area contributed by atoms with Gasteiger partial charge < -0.3 is 14.7 Å². The van der Waals surface area contributed by atoms with E-state index in [1.807, 2.05) is 20.8 Å². The zero-order valence-electron chi connectivity index (χ0n) is 16.3. The van der Waals surface area contributed by atoms with E-state index in [0.29, 0.717) is 16.7 Å². The molecule has 0 saturated carbocycles. The molecule has 1 aromatic heterocycles. The zero-order chi connectivity index (χ0) is 19.7. The van der Waals surface area contributed by atoms with Gasteiger partial charge in [-0.05, 0) is 61.0 Å². The summed E-state index contributed by atoms with van der Waals surface area (Å²) in [5.41, 5.74) is 1.65. The summed E-state index contributed by atoms with van der Waals surface area (Å²) in [6, 6.07) is 0. The fraction of sp³-hybridized carbons (Fsp3) is 0.600. The first kappa shape index (κ1) is 20.9. The van der Waals surface area contributed by atoms with Gasteiger partial charge in [0.05, 0.1) is 21.5 Å². The molecule has 6 heteroatoms. The van der Waals surface area contributed by atoms with Crippen molar-refractivity contribution in [1.29, 1.82) is 0 Å². The van der Waals surface area contributed by atoms with Crippen LogP contribution in [0.15, 0.2) is 17.2 Å². The predicted octanol–water partition coefficient (Wildman–Crippen LogP) is 5.05. The molecule has 1 aliphatic rings. The molecule has 0 amide bonds. The van der Waals surface area contributed by atoms with Crippen LogP contribution in [0.2, 0.25) is 0 Å². The Morgan fingerprint density at radius 1 is 1.42 bits per heavy atom. The highest BCUT2D eigenvalue weighted by Gasteiger charge is 2.35. The number of piperidine rings is 1. The number of carbonyl (C=O) groups is 1. The van der Waals surface area contributed by atoms with Crippen LogP contribution in [0.5, 0.6) is 0 Å². The van der Waals surface area contributed by atoms with Crippen LogP contribution in [0.4, 0.5) is 5.69 Å². The molecule has 2 rings (SSSR count). The van der Waals surface area contributed by atoms with Gasteiger partial charge in [0.25, 0.3) is 0 Å². The summed E-state index contributed by atoms with van der Waals surface area (Å²) >= 11 is 3.58. The maximum atomic E-state index is 12.1. The third-order valence-corrected chi connectivity index (χ3v) is 5.24. The molecule has 1 N–H and O–H groups in total. The highest BCUT2D eigenvalue weighted by atomic mass is 79.9. The number of pyridine rings is 1. The Bertz CT molecular complexity index is 685. The molecule has 5 nitrogen and oxygen atoms in total. The van der Waals surface area contributed by atoms with Crippen LogP contribution in [0, 0.1) is 5.41 Å². The van der Waals surface area contributed by atoms with Crippen LogP contribution in [-0.4, -0.2) is 34.8 Å². The van der Waals surface area contributed by atoms with Crippen molar-refractivity contribution in [3.05, 3.63) is 28.5 Å². The molecule has 26 heavy (non-hydrogen) atoms. The number of carboxylic acids is 1. The van der Waals surface area contributed by atoms with E-state index in [1.54, 1.807) is 12.3 Å². The molecule has 0 aromatic carbocycles. The molecule has 1 fully saturated rings. The Morgan fingerprint density at radius 3 is 2.46 bits per heavy atom. The topological polar surface area (TPSA) is 62.7 Å². The van der Waals surface area contributed by atoms with Crippen LogP contribution >= 0.6 is 15.9 Å². The Balaban J connectivity index is 2.57. The number of rotatable bonds is 5. The monoisotopic (exact) mass is 424 g/mol. The molecule has 1 atom stereocenters. The number of hydrogen-bond donors (Lipinski definition) is 1. The van der Waals surface area contributed by atoms with E-state index in [0.717, 1.165) is 36.1 Å². The van der Waals surface area contributed by atoms with E-state index in [2.05, 4.69) is 46.2 Å². The molecule has 0 radical (unpaired) electrons. The molecule has 0 bridgehead atoms. The molecular weight excluding hydrogens is 396 g/mol. The van der Waals surface area contributed by atoms with E-state index >= 15 is 0 Å². The average Bonchev–Trinajstić information content (AvgIpc) is 2.52. The number of hydrogen-bond acceptors (Lipinski definition) is 4. The standard InChI is InChI=1S/C20H29BrN2O3/c1-7-14-15(17(18(24)25)26-19(2,3)4)16(13(21)12-22-14)23-10-8-20(5,6)9-11-23/h7,12,17H,1,8-11H2,2-6H3,(H,24,25). The first-order valence-corrected chi connectivity index (χ1v) is 9.71. The van der Waals surface area contributed by atoms with Gasteiger partial charge in [0, 0.05) is 24.8 Å². The van der Waals surface area contributed by atoms with Crippen molar-refractivity contribution in [2.24, 2.45) is 5.41 Å². The van der Waals surface area contributed by atoms with E-state index in [4.69, 9.17) is 4.74 Å². The second-order valence-corrected chi connectivity index (χ2v) is 9.41. The second kappa shape index (κ2) is 7.69. The van der Waals surface area contributed by atoms with Gasteiger partial charge >= 0.3 is 5.97 Å². The Hall–Kier alpha value is -1.40. The fourth-order valence-corrected chi connectivity index (χ4v) is 3.74. The van der Waals surface area contributed by atoms with Crippen LogP contribution in [0.3, 0.4) is 0 Å². The summed E-state index contributed by atoms with van der Waals surface area (Å²) in [5.74, 6) is -1.03. The lowest BCUT2D eigenvalue weighted by atomic mass is 9.82. The third kappa shape index (κ3) is 4.86. The Kier molecular flexibility index (Phi) is 6.18. The van der Waals surface area contributed by atoms with E-state index in [9.17, 15) is 9.90 Å². The summed E-state index contributed by atoms with van der Waals surface area (Å²) in [7, 11) is 0. The lowest BCUT2D eigenvalue weighted by molar-refractivity contribution is -0.160. The summed E-state index contributed by atoms with van der Waals surface area (Å²) in [4.78, 5) is 18.7. The number of halogens is 1. The smallest absolute Gasteiger partial charge is 0.337 e. The molecule has 1 aromatic rings. The number of carboxylic acid groups (broad SMARTS) is 1. The summed E-state index contributed by atoms with van der Waals surface area (Å²) in [5, 5.41) is 9.89. The van der Waals surface area contributed by atoms with Crippen molar-refractivity contribution < 1.29 is 14.6 Å². The molecule has 0 aliphatic carbocycles. The van der Waals surface area contributed by atoms with Crippen LogP contribution in [0.25, 0.3) is 6.08 Å². The van der Waals surface area contributed by atoms with Crippen LogP contribution < -0.4 is 4.90 Å². The maximum Gasteiger partial charge on any atom is 0.337 e. The largest absolute Gasteiger partial charge is 0.479 e. The van der Waals surface area contributed by atoms with Crippen LogP contribution in [-0.2, 0) is 9.53 Å². The summed E-state index contributed by atoms with van der Waals surface area (Å²) in [6.45, 7) is 15.6. The first-order chi connectivity index (χ1) is 11.9. The van der Waals surface area contributed by atoms with Crippen molar-refractivity contribution >= 4 is 33.7 Å². The maximum absolute atomic E-state index is 12.1. The molecular formula is C20H29BrN2O3. The van der Waals surface area contributed by atoms with Crippen molar-refractivity contribution in [2.45, 2.75) is 59.2 Å². The van der Waals surface area contributed by atoms with Gasteiger partial charge in [0.2, 0.25) is 0 Å². The number of aliphatic carboxylic acids is 1. The van der Waals surface area contributed by atoms with Gasteiger partial charge in [-0.15, -0.1) is 0 Å². The summed E-state index contributed by atoms with van der Waals surface area (Å²) < 4.78 is 6.70. The first-order valence-electron chi connectivity index (χ1n) is 8.91. The average molecular weight is 425 g/mol. The number of nitrogens with zero attached hydrogens (tertiary/aromatic N) is 2. The minimum absolute atomic E-state index is 0.297. The van der Waals surface area contributed by atoms with E-state index in [1.165, 1.54) is 0 Å². The molecule has 144 valence electrons. The van der Waals surface area contributed by atoms with Crippen molar-refractivity contribution in [1.82, 2.24) is 4.98 Å². The van der Waals surface area contributed by atoms with Gasteiger partial charge in [-0.2, -0.15) is 0 Å². The Labute approximate surface area is 164 Å². The van der Waals surface area contributed by atoms with Crippen molar-refractivity contribution in [2.75, 3.05) is 18.0 Å². The number of ether oxygens (including phenoxy) is 1. The predicted molar refractivity (Wildman–Crippen MR) is 108 cm³/mol. The molecule has 1 saturated heterocycles. The summed E-state index contributed by atoms with van der Waals surface area (Å²) in [6.07, 6.45) is 4.29. The van der Waals surface area contributed by atoms with Crippen LogP contribution in [0.1, 0.15) is 64.8 Å². The van der Waals surface area contributed by atoms with Gasteiger partial charge in [0.15, 0.2) is 6.10 Å². The SMILES string of the molecule is C=Cc1ncc(Br)c(N2CCC(C)(C)CC2)c1C(OC(C)(C)C)C(=O)O. The number of anilines is 1. The number of aromatic nitrogens is 1. The second-order valence-electron chi connectivity index (χ2n) is 8.56. The van der Waals surface area contributed by atoms with E-state index < -0.39 is 17.7 Å². The molecule has 1 aliphatic heterocycles. The highest BCUT2D eigenvalue weighted by Crippen LogP contribution is 2.42.